The minimum atomic E-state index is -0.792. The van der Waals surface area contributed by atoms with E-state index in [2.05, 4.69) is 0 Å². The van der Waals surface area contributed by atoms with Gasteiger partial charge in [-0.05, 0) is 24.1 Å². The normalized spacial score (nSPS) is 9.24. The Balaban J connectivity index is 0.00000121. The quantitative estimate of drug-likeness (QED) is 0.863. The van der Waals surface area contributed by atoms with Gasteiger partial charge in [0.15, 0.2) is 0 Å². The highest BCUT2D eigenvalue weighted by molar-refractivity contribution is 5.67. The van der Waals surface area contributed by atoms with Crippen molar-refractivity contribution in [3.8, 4) is 6.07 Å². The van der Waals surface area contributed by atoms with E-state index in [0.29, 0.717) is 12.0 Å². The first-order chi connectivity index (χ1) is 8.22. The van der Waals surface area contributed by atoms with Crippen LogP contribution in [0.1, 0.15) is 37.8 Å². The molecule has 0 unspecified atom stereocenters. The number of rotatable bonds is 4. The molecule has 0 radical (unpaired) electrons. The first kappa shape index (κ1) is 14.9. The maximum absolute atomic E-state index is 10.2. The average Bonchev–Trinajstić information content (AvgIpc) is 2.37. The van der Waals surface area contributed by atoms with Crippen molar-refractivity contribution in [1.29, 1.82) is 5.26 Å². The third-order valence-electron chi connectivity index (χ3n) is 1.87. The van der Waals surface area contributed by atoms with E-state index in [9.17, 15) is 4.79 Å². The van der Waals surface area contributed by atoms with Crippen LogP contribution in [0.4, 0.5) is 0 Å². The van der Waals surface area contributed by atoms with E-state index in [-0.39, 0.29) is 6.42 Å². The lowest BCUT2D eigenvalue weighted by Crippen LogP contribution is -1.91. The van der Waals surface area contributed by atoms with Gasteiger partial charge >= 0.3 is 5.97 Å². The Labute approximate surface area is 102 Å². The van der Waals surface area contributed by atoms with E-state index in [0.717, 1.165) is 5.56 Å². The third kappa shape index (κ3) is 6.91. The fourth-order valence-electron chi connectivity index (χ4n) is 1.09. The second-order valence-electron chi connectivity index (χ2n) is 3.07. The van der Waals surface area contributed by atoms with Crippen LogP contribution in [0.5, 0.6) is 0 Å². The van der Waals surface area contributed by atoms with E-state index in [4.69, 9.17) is 10.4 Å². The second kappa shape index (κ2) is 9.17. The van der Waals surface area contributed by atoms with Gasteiger partial charge in [0, 0.05) is 6.42 Å². The Bertz CT molecular complexity index is 399. The highest BCUT2D eigenvalue weighted by Crippen LogP contribution is 2.06. The Morgan fingerprint density at radius 1 is 1.35 bits per heavy atom. The minimum Gasteiger partial charge on any atom is -0.481 e. The van der Waals surface area contributed by atoms with Crippen LogP contribution in [-0.4, -0.2) is 11.1 Å². The monoisotopic (exact) mass is 231 g/mol. The largest absolute Gasteiger partial charge is 0.481 e. The molecule has 0 saturated heterocycles. The van der Waals surface area contributed by atoms with Gasteiger partial charge in [0.1, 0.15) is 0 Å². The molecule has 1 aromatic rings. The summed E-state index contributed by atoms with van der Waals surface area (Å²) in [5, 5.41) is 17.0. The number of carbonyl (C=O) groups is 1. The Hall–Kier alpha value is -2.08. The molecule has 17 heavy (non-hydrogen) atoms. The first-order valence-electron chi connectivity index (χ1n) is 5.61. The van der Waals surface area contributed by atoms with Crippen LogP contribution in [-0.2, 0) is 4.79 Å². The van der Waals surface area contributed by atoms with Gasteiger partial charge in [0.05, 0.1) is 11.6 Å². The molecule has 3 heteroatoms. The number of carboxylic acid groups (broad SMARTS) is 1. The maximum Gasteiger partial charge on any atom is 0.303 e. The average molecular weight is 231 g/mol. The summed E-state index contributed by atoms with van der Waals surface area (Å²) >= 11 is 0. The molecule has 1 N–H and O–H groups in total. The van der Waals surface area contributed by atoms with Crippen LogP contribution in [0.15, 0.2) is 30.3 Å². The number of hydrogen-bond acceptors (Lipinski definition) is 2. The van der Waals surface area contributed by atoms with Crippen molar-refractivity contribution < 1.29 is 9.90 Å². The maximum atomic E-state index is 10.2. The number of nitrogens with zero attached hydrogens (tertiary/aromatic N) is 1. The van der Waals surface area contributed by atoms with Gasteiger partial charge in [0.2, 0.25) is 0 Å². The Morgan fingerprint density at radius 3 is 2.41 bits per heavy atom. The van der Waals surface area contributed by atoms with Gasteiger partial charge in [-0.25, -0.2) is 0 Å². The summed E-state index contributed by atoms with van der Waals surface area (Å²) in [6, 6.07) is 9.16. The fraction of sp³-hybridized carbons (Fsp3) is 0.286. The van der Waals surface area contributed by atoms with Gasteiger partial charge in [-0.15, -0.1) is 0 Å². The Morgan fingerprint density at radius 2 is 1.94 bits per heavy atom. The lowest BCUT2D eigenvalue weighted by molar-refractivity contribution is -0.136. The van der Waals surface area contributed by atoms with Gasteiger partial charge in [-0.2, -0.15) is 5.26 Å². The lowest BCUT2D eigenvalue weighted by atomic mass is 10.1. The second-order valence-corrected chi connectivity index (χ2v) is 3.07. The molecule has 0 saturated carbocycles. The van der Waals surface area contributed by atoms with Crippen molar-refractivity contribution in [1.82, 2.24) is 0 Å². The fourth-order valence-corrected chi connectivity index (χ4v) is 1.09. The van der Waals surface area contributed by atoms with Crippen LogP contribution >= 0.6 is 0 Å². The molecule has 0 bridgehead atoms. The minimum absolute atomic E-state index is 0.146. The smallest absolute Gasteiger partial charge is 0.303 e. The zero-order valence-corrected chi connectivity index (χ0v) is 10.2. The zero-order valence-electron chi connectivity index (χ0n) is 10.2. The van der Waals surface area contributed by atoms with Crippen molar-refractivity contribution in [2.24, 2.45) is 0 Å². The molecule has 0 amide bonds. The molecular formula is C14H17NO2. The number of benzene rings is 1. The summed E-state index contributed by atoms with van der Waals surface area (Å²) in [6.07, 6.45) is 4.34. The number of hydrogen-bond donors (Lipinski definition) is 1. The van der Waals surface area contributed by atoms with Crippen LogP contribution < -0.4 is 0 Å². The van der Waals surface area contributed by atoms with E-state index < -0.39 is 5.97 Å². The highest BCUT2D eigenvalue weighted by atomic mass is 16.4. The topological polar surface area (TPSA) is 61.1 Å². The molecule has 90 valence electrons. The molecule has 0 heterocycles. The van der Waals surface area contributed by atoms with Crippen molar-refractivity contribution in [3.63, 3.8) is 0 Å². The van der Waals surface area contributed by atoms with Gasteiger partial charge in [-0.1, -0.05) is 38.1 Å². The molecular weight excluding hydrogens is 214 g/mol. The van der Waals surface area contributed by atoms with Crippen molar-refractivity contribution in [2.75, 3.05) is 0 Å². The van der Waals surface area contributed by atoms with Crippen LogP contribution in [0.25, 0.3) is 6.08 Å². The van der Waals surface area contributed by atoms with Gasteiger partial charge in [-0.3, -0.25) is 4.79 Å². The SMILES string of the molecule is CC.N#Cc1ccc(/C=C/CCC(=O)O)cc1. The number of aliphatic carboxylic acids is 1. The summed E-state index contributed by atoms with van der Waals surface area (Å²) in [4.78, 5) is 10.2. The van der Waals surface area contributed by atoms with E-state index >= 15 is 0 Å². The molecule has 0 aromatic heterocycles. The van der Waals surface area contributed by atoms with Crippen molar-refractivity contribution in [2.45, 2.75) is 26.7 Å². The first-order valence-corrected chi connectivity index (χ1v) is 5.61. The number of allylic oxidation sites excluding steroid dienone is 1. The summed E-state index contributed by atoms with van der Waals surface area (Å²) < 4.78 is 0. The predicted octanol–water partition coefficient (Wildman–Crippen LogP) is 3.46. The molecule has 0 aliphatic heterocycles. The van der Waals surface area contributed by atoms with Gasteiger partial charge in [0.25, 0.3) is 0 Å². The highest BCUT2D eigenvalue weighted by Gasteiger charge is 1.92. The molecule has 0 aliphatic carbocycles. The van der Waals surface area contributed by atoms with Crippen LogP contribution in [0, 0.1) is 11.3 Å². The van der Waals surface area contributed by atoms with Crippen molar-refractivity contribution >= 4 is 12.0 Å². The number of nitriles is 1. The standard InChI is InChI=1S/C12H11NO2.C2H6/c13-9-11-7-5-10(6-8-11)3-1-2-4-12(14)15;1-2/h1,3,5-8H,2,4H2,(H,14,15);1-2H3/b3-1+;. The molecule has 1 rings (SSSR count). The third-order valence-corrected chi connectivity index (χ3v) is 1.87. The van der Waals surface area contributed by atoms with E-state index in [1.54, 1.807) is 12.1 Å². The number of carboxylic acids is 1. The summed E-state index contributed by atoms with van der Waals surface area (Å²) in [5.74, 6) is -0.792. The molecule has 1 aromatic carbocycles. The molecule has 0 aliphatic rings. The Kier molecular flexibility index (Phi) is 8.05. The summed E-state index contributed by atoms with van der Waals surface area (Å²) in [6.45, 7) is 4.00. The predicted molar refractivity (Wildman–Crippen MR) is 68.4 cm³/mol. The summed E-state index contributed by atoms with van der Waals surface area (Å²) in [7, 11) is 0. The van der Waals surface area contributed by atoms with E-state index in [1.165, 1.54) is 0 Å². The zero-order chi connectivity index (χ0) is 13.1. The molecule has 0 fully saturated rings. The van der Waals surface area contributed by atoms with E-state index in [1.807, 2.05) is 44.2 Å². The molecule has 0 spiro atoms. The molecule has 3 nitrogen and oxygen atoms in total. The van der Waals surface area contributed by atoms with Crippen LogP contribution in [0.2, 0.25) is 0 Å². The van der Waals surface area contributed by atoms with Gasteiger partial charge < -0.3 is 5.11 Å². The lowest BCUT2D eigenvalue weighted by Gasteiger charge is -1.93. The molecule has 0 atom stereocenters. The van der Waals surface area contributed by atoms with Crippen molar-refractivity contribution in [3.05, 3.63) is 41.5 Å². The van der Waals surface area contributed by atoms with Crippen LogP contribution in [0.3, 0.4) is 0 Å². The summed E-state index contributed by atoms with van der Waals surface area (Å²) in [5.41, 5.74) is 1.59.